The maximum absolute atomic E-state index is 12.3. The van der Waals surface area contributed by atoms with E-state index in [-0.39, 0.29) is 17.9 Å². The lowest BCUT2D eigenvalue weighted by Crippen LogP contribution is -2.33. The van der Waals surface area contributed by atoms with Gasteiger partial charge in [-0.3, -0.25) is 4.79 Å². The SMILES string of the molecule is CC(=O)N(CC[C@@H](c1ccc(C)cc1)c1ccco1)[C@H](C)c1cccs1. The predicted octanol–water partition coefficient (Wildman–Crippen LogP) is 5.78. The van der Waals surface area contributed by atoms with Gasteiger partial charge in [-0.25, -0.2) is 0 Å². The van der Waals surface area contributed by atoms with E-state index in [1.807, 2.05) is 23.1 Å². The number of rotatable bonds is 7. The molecule has 3 rings (SSSR count). The lowest BCUT2D eigenvalue weighted by molar-refractivity contribution is -0.131. The first kappa shape index (κ1) is 18.5. The Morgan fingerprint density at radius 1 is 1.15 bits per heavy atom. The summed E-state index contributed by atoms with van der Waals surface area (Å²) in [4.78, 5) is 15.4. The quantitative estimate of drug-likeness (QED) is 0.530. The second-order valence-electron chi connectivity index (χ2n) is 6.67. The first-order valence-electron chi connectivity index (χ1n) is 8.97. The van der Waals surface area contributed by atoms with E-state index in [0.717, 1.165) is 12.2 Å². The fraction of sp³-hybridized carbons (Fsp3) is 0.318. The third-order valence-corrected chi connectivity index (χ3v) is 5.89. The molecule has 4 heteroatoms. The molecular weight excluding hydrogens is 342 g/mol. The molecule has 0 aliphatic rings. The average molecular weight is 368 g/mol. The molecule has 0 unspecified atom stereocenters. The van der Waals surface area contributed by atoms with E-state index in [4.69, 9.17) is 4.42 Å². The first-order chi connectivity index (χ1) is 12.6. The molecule has 0 aliphatic carbocycles. The second kappa shape index (κ2) is 8.37. The van der Waals surface area contributed by atoms with Crippen molar-refractivity contribution in [3.63, 3.8) is 0 Å². The van der Waals surface area contributed by atoms with Crippen LogP contribution in [0.4, 0.5) is 0 Å². The van der Waals surface area contributed by atoms with Crippen LogP contribution in [0.25, 0.3) is 0 Å². The van der Waals surface area contributed by atoms with Crippen molar-refractivity contribution in [3.8, 4) is 0 Å². The predicted molar refractivity (Wildman–Crippen MR) is 106 cm³/mol. The third-order valence-electron chi connectivity index (χ3n) is 4.85. The molecule has 26 heavy (non-hydrogen) atoms. The van der Waals surface area contributed by atoms with Gasteiger partial charge in [-0.1, -0.05) is 35.9 Å². The molecule has 0 bridgehead atoms. The summed E-state index contributed by atoms with van der Waals surface area (Å²) in [6, 6.07) is 16.7. The van der Waals surface area contributed by atoms with Crippen molar-refractivity contribution in [3.05, 3.63) is 81.9 Å². The van der Waals surface area contributed by atoms with Crippen LogP contribution in [0.3, 0.4) is 0 Å². The van der Waals surface area contributed by atoms with Crippen LogP contribution in [0, 0.1) is 6.92 Å². The lowest BCUT2D eigenvalue weighted by atomic mass is 9.92. The van der Waals surface area contributed by atoms with Crippen molar-refractivity contribution in [1.29, 1.82) is 0 Å². The highest BCUT2D eigenvalue weighted by Gasteiger charge is 2.23. The number of nitrogens with zero attached hydrogens (tertiary/aromatic N) is 1. The highest BCUT2D eigenvalue weighted by molar-refractivity contribution is 7.10. The van der Waals surface area contributed by atoms with E-state index in [2.05, 4.69) is 49.6 Å². The molecule has 1 aromatic carbocycles. The number of carbonyl (C=O) groups is 1. The second-order valence-corrected chi connectivity index (χ2v) is 7.65. The summed E-state index contributed by atoms with van der Waals surface area (Å²) in [7, 11) is 0. The van der Waals surface area contributed by atoms with Crippen LogP contribution >= 0.6 is 11.3 Å². The van der Waals surface area contributed by atoms with Gasteiger partial charge in [0.05, 0.1) is 12.3 Å². The van der Waals surface area contributed by atoms with Crippen LogP contribution in [0.5, 0.6) is 0 Å². The van der Waals surface area contributed by atoms with E-state index in [0.29, 0.717) is 6.54 Å². The van der Waals surface area contributed by atoms with Crippen molar-refractivity contribution in [2.24, 2.45) is 0 Å². The summed E-state index contributed by atoms with van der Waals surface area (Å²) in [6.07, 6.45) is 2.54. The van der Waals surface area contributed by atoms with E-state index in [9.17, 15) is 4.79 Å². The van der Waals surface area contributed by atoms with Gasteiger partial charge in [0.15, 0.2) is 0 Å². The number of benzene rings is 1. The van der Waals surface area contributed by atoms with E-state index >= 15 is 0 Å². The molecule has 1 amide bonds. The van der Waals surface area contributed by atoms with Gasteiger partial charge in [0.1, 0.15) is 5.76 Å². The summed E-state index contributed by atoms with van der Waals surface area (Å²) >= 11 is 1.69. The minimum absolute atomic E-state index is 0.0859. The number of hydrogen-bond donors (Lipinski definition) is 0. The molecule has 0 spiro atoms. The van der Waals surface area contributed by atoms with Crippen LogP contribution in [0.15, 0.2) is 64.6 Å². The van der Waals surface area contributed by atoms with Crippen LogP contribution in [-0.2, 0) is 4.79 Å². The van der Waals surface area contributed by atoms with Crippen molar-refractivity contribution < 1.29 is 9.21 Å². The fourth-order valence-electron chi connectivity index (χ4n) is 3.34. The van der Waals surface area contributed by atoms with Gasteiger partial charge < -0.3 is 9.32 Å². The zero-order valence-corrected chi connectivity index (χ0v) is 16.3. The Morgan fingerprint density at radius 2 is 1.92 bits per heavy atom. The smallest absolute Gasteiger partial charge is 0.219 e. The Labute approximate surface area is 159 Å². The molecule has 0 aliphatic heterocycles. The first-order valence-corrected chi connectivity index (χ1v) is 9.85. The lowest BCUT2D eigenvalue weighted by Gasteiger charge is -2.29. The van der Waals surface area contributed by atoms with Gasteiger partial charge in [-0.2, -0.15) is 0 Å². The van der Waals surface area contributed by atoms with Crippen molar-refractivity contribution in [2.75, 3.05) is 6.54 Å². The molecular formula is C22H25NO2S. The largest absolute Gasteiger partial charge is 0.469 e. The van der Waals surface area contributed by atoms with Crippen LogP contribution < -0.4 is 0 Å². The minimum atomic E-state index is 0.0859. The molecule has 3 aromatic rings. The number of amides is 1. The summed E-state index contributed by atoms with van der Waals surface area (Å²) in [5, 5.41) is 2.06. The van der Waals surface area contributed by atoms with E-state index < -0.39 is 0 Å². The molecule has 2 heterocycles. The van der Waals surface area contributed by atoms with Gasteiger partial charge in [0.2, 0.25) is 5.91 Å². The zero-order valence-electron chi connectivity index (χ0n) is 15.5. The van der Waals surface area contributed by atoms with Gasteiger partial charge in [-0.05, 0) is 49.4 Å². The average Bonchev–Trinajstić information content (AvgIpc) is 3.32. The Hall–Kier alpha value is -2.33. The Bertz CT molecular complexity index is 806. The maximum Gasteiger partial charge on any atom is 0.219 e. The van der Waals surface area contributed by atoms with Gasteiger partial charge in [0, 0.05) is 24.3 Å². The van der Waals surface area contributed by atoms with Crippen LogP contribution in [0.1, 0.15) is 54.0 Å². The molecule has 136 valence electrons. The molecule has 3 nitrogen and oxygen atoms in total. The highest BCUT2D eigenvalue weighted by Crippen LogP contribution is 2.31. The van der Waals surface area contributed by atoms with E-state index in [1.165, 1.54) is 16.0 Å². The van der Waals surface area contributed by atoms with Crippen molar-refractivity contribution in [1.82, 2.24) is 4.90 Å². The Morgan fingerprint density at radius 3 is 2.50 bits per heavy atom. The number of aryl methyl sites for hydroxylation is 1. The fourth-order valence-corrected chi connectivity index (χ4v) is 4.13. The molecule has 2 atom stereocenters. The van der Waals surface area contributed by atoms with Gasteiger partial charge in [0.25, 0.3) is 0 Å². The standard InChI is InChI=1S/C22H25NO2S/c1-16-8-10-19(11-9-16)20(21-6-4-14-25-21)12-13-23(18(3)24)17(2)22-7-5-15-26-22/h4-11,14-15,17,20H,12-13H2,1-3H3/t17-,20+/m1/s1. The molecule has 0 saturated carbocycles. The number of furan rings is 1. The topological polar surface area (TPSA) is 33.5 Å². The Balaban J connectivity index is 1.79. The van der Waals surface area contributed by atoms with Gasteiger partial charge in [-0.15, -0.1) is 11.3 Å². The normalized spacial score (nSPS) is 13.3. The number of thiophene rings is 1. The molecule has 0 saturated heterocycles. The van der Waals surface area contributed by atoms with Crippen molar-refractivity contribution >= 4 is 17.2 Å². The van der Waals surface area contributed by atoms with E-state index in [1.54, 1.807) is 24.5 Å². The summed E-state index contributed by atoms with van der Waals surface area (Å²) in [6.45, 7) is 6.53. The number of hydrogen-bond acceptors (Lipinski definition) is 3. The van der Waals surface area contributed by atoms with Crippen LogP contribution in [-0.4, -0.2) is 17.4 Å². The summed E-state index contributed by atoms with van der Waals surface area (Å²) < 4.78 is 5.70. The Kier molecular flexibility index (Phi) is 5.94. The maximum atomic E-state index is 12.3. The molecule has 0 fully saturated rings. The highest BCUT2D eigenvalue weighted by atomic mass is 32.1. The molecule has 2 aromatic heterocycles. The number of carbonyl (C=O) groups excluding carboxylic acids is 1. The van der Waals surface area contributed by atoms with Crippen molar-refractivity contribution in [2.45, 2.75) is 39.2 Å². The monoisotopic (exact) mass is 367 g/mol. The van der Waals surface area contributed by atoms with Crippen LogP contribution in [0.2, 0.25) is 0 Å². The summed E-state index contributed by atoms with van der Waals surface area (Å²) in [5.74, 6) is 1.19. The molecule has 0 N–H and O–H groups in total. The molecule has 0 radical (unpaired) electrons. The summed E-state index contributed by atoms with van der Waals surface area (Å²) in [5.41, 5.74) is 2.46. The van der Waals surface area contributed by atoms with Gasteiger partial charge >= 0.3 is 0 Å². The third kappa shape index (κ3) is 4.25. The minimum Gasteiger partial charge on any atom is -0.469 e. The zero-order chi connectivity index (χ0) is 18.5.